The van der Waals surface area contributed by atoms with Crippen LogP contribution in [0.2, 0.25) is 0 Å². The lowest BCUT2D eigenvalue weighted by molar-refractivity contribution is -0.119. The van der Waals surface area contributed by atoms with Crippen LogP contribution in [-0.2, 0) is 9.53 Å². The number of carbonyl (C=O) groups excluding carboxylic acids is 1. The Bertz CT molecular complexity index is 475. The van der Waals surface area contributed by atoms with Crippen LogP contribution in [0.5, 0.6) is 0 Å². The average molecular weight is 311 g/mol. The monoisotopic (exact) mass is 311 g/mol. The molecule has 0 aromatic rings. The molecule has 0 bridgehead atoms. The van der Waals surface area contributed by atoms with Crippen LogP contribution in [0.4, 0.5) is 0 Å². The molecule has 0 spiro atoms. The fourth-order valence-electron chi connectivity index (χ4n) is 3.57. The Morgan fingerprint density at radius 1 is 1.41 bits per heavy atom. The summed E-state index contributed by atoms with van der Waals surface area (Å²) in [5, 5.41) is 31.7. The summed E-state index contributed by atoms with van der Waals surface area (Å²) in [4.78, 5) is 12.3. The molecule has 0 radical (unpaired) electrons. The van der Waals surface area contributed by atoms with Crippen molar-refractivity contribution in [2.45, 2.75) is 57.0 Å². The molecule has 6 heteroatoms. The van der Waals surface area contributed by atoms with E-state index in [1.165, 1.54) is 18.9 Å². The summed E-state index contributed by atoms with van der Waals surface area (Å²) in [6.45, 7) is 3.41. The standard InChI is InChI=1S/C16H25NO5/c1-16(4-5-22-14(16)9-2-3-9)8-17-15(21)10-6-11(18)13(20)12(19)7-10/h6,9,11-14,18-20H,2-5,7-8H2,1H3,(H,17,21)/t11-,12-,13-,14?,16?/m1/s1. The second-order valence-corrected chi connectivity index (χ2v) is 7.16. The smallest absolute Gasteiger partial charge is 0.247 e. The fraction of sp³-hybridized carbons (Fsp3) is 0.812. The molecule has 1 saturated carbocycles. The van der Waals surface area contributed by atoms with Crippen LogP contribution in [0.3, 0.4) is 0 Å². The third kappa shape index (κ3) is 3.06. The molecule has 1 aliphatic heterocycles. The van der Waals surface area contributed by atoms with E-state index in [9.17, 15) is 20.1 Å². The zero-order valence-electron chi connectivity index (χ0n) is 12.9. The maximum atomic E-state index is 12.3. The fourth-order valence-corrected chi connectivity index (χ4v) is 3.57. The van der Waals surface area contributed by atoms with Gasteiger partial charge in [-0.3, -0.25) is 4.79 Å². The van der Waals surface area contributed by atoms with Gasteiger partial charge >= 0.3 is 0 Å². The molecule has 1 heterocycles. The molecule has 2 aliphatic carbocycles. The predicted octanol–water partition coefficient (Wildman–Crippen LogP) is -0.279. The second-order valence-electron chi connectivity index (χ2n) is 7.16. The summed E-state index contributed by atoms with van der Waals surface area (Å²) in [5.74, 6) is 0.338. The van der Waals surface area contributed by atoms with E-state index in [2.05, 4.69) is 12.2 Å². The molecule has 1 saturated heterocycles. The number of ether oxygens (including phenoxy) is 1. The molecule has 0 aromatic heterocycles. The lowest BCUT2D eigenvalue weighted by Crippen LogP contribution is -2.45. The topological polar surface area (TPSA) is 99.0 Å². The van der Waals surface area contributed by atoms with Gasteiger partial charge in [-0.2, -0.15) is 0 Å². The maximum absolute atomic E-state index is 12.3. The highest BCUT2D eigenvalue weighted by molar-refractivity contribution is 5.93. The molecular formula is C16H25NO5. The number of aliphatic hydroxyl groups excluding tert-OH is 3. The molecular weight excluding hydrogens is 286 g/mol. The van der Waals surface area contributed by atoms with E-state index in [1.807, 2.05) is 0 Å². The van der Waals surface area contributed by atoms with E-state index < -0.39 is 18.3 Å². The minimum absolute atomic E-state index is 0.0528. The minimum atomic E-state index is -1.23. The van der Waals surface area contributed by atoms with Crippen molar-refractivity contribution in [1.29, 1.82) is 0 Å². The van der Waals surface area contributed by atoms with E-state index in [0.717, 1.165) is 13.0 Å². The third-order valence-corrected chi connectivity index (χ3v) is 5.20. The Labute approximate surface area is 130 Å². The highest BCUT2D eigenvalue weighted by Crippen LogP contribution is 2.47. The normalized spacial score (nSPS) is 42.1. The first-order chi connectivity index (χ1) is 10.4. The number of aliphatic hydroxyl groups is 3. The zero-order valence-corrected chi connectivity index (χ0v) is 12.9. The molecule has 3 rings (SSSR count). The van der Waals surface area contributed by atoms with Crippen molar-refractivity contribution in [2.24, 2.45) is 11.3 Å². The van der Waals surface area contributed by atoms with Crippen molar-refractivity contribution >= 4 is 5.91 Å². The first kappa shape index (κ1) is 15.9. The number of carbonyl (C=O) groups is 1. The van der Waals surface area contributed by atoms with Gasteiger partial charge in [-0.1, -0.05) is 6.92 Å². The van der Waals surface area contributed by atoms with Crippen molar-refractivity contribution in [3.8, 4) is 0 Å². The number of amides is 1. The van der Waals surface area contributed by atoms with E-state index >= 15 is 0 Å². The molecule has 2 unspecified atom stereocenters. The van der Waals surface area contributed by atoms with E-state index in [-0.39, 0.29) is 23.8 Å². The summed E-state index contributed by atoms with van der Waals surface area (Å²) in [7, 11) is 0. The van der Waals surface area contributed by atoms with Crippen molar-refractivity contribution in [3.05, 3.63) is 11.6 Å². The van der Waals surface area contributed by atoms with Crippen LogP contribution in [0.1, 0.15) is 32.6 Å². The molecule has 2 fully saturated rings. The Hall–Kier alpha value is -0.950. The second kappa shape index (κ2) is 5.92. The molecule has 124 valence electrons. The summed E-state index contributed by atoms with van der Waals surface area (Å²) in [5.41, 5.74) is 0.277. The minimum Gasteiger partial charge on any atom is -0.390 e. The largest absolute Gasteiger partial charge is 0.390 e. The SMILES string of the molecule is CC1(CNC(=O)C2=C[C@@H](O)[C@@H](O)[C@H](O)C2)CCOC1C1CC1. The first-order valence-corrected chi connectivity index (χ1v) is 8.05. The van der Waals surface area contributed by atoms with E-state index in [4.69, 9.17) is 4.74 Å². The van der Waals surface area contributed by atoms with Crippen LogP contribution < -0.4 is 5.32 Å². The summed E-state index contributed by atoms with van der Waals surface area (Å²) in [6.07, 6.45) is 1.41. The number of nitrogens with one attached hydrogen (secondary N) is 1. The molecule has 0 aromatic carbocycles. The lowest BCUT2D eigenvalue weighted by Gasteiger charge is -2.31. The van der Waals surface area contributed by atoms with Gasteiger partial charge in [0.1, 0.15) is 12.2 Å². The highest BCUT2D eigenvalue weighted by atomic mass is 16.5. The van der Waals surface area contributed by atoms with Gasteiger partial charge in [0.05, 0.1) is 12.2 Å². The number of hydrogen-bond donors (Lipinski definition) is 4. The predicted molar refractivity (Wildman–Crippen MR) is 78.9 cm³/mol. The van der Waals surface area contributed by atoms with Gasteiger partial charge in [0, 0.05) is 30.6 Å². The average Bonchev–Trinajstić information content (AvgIpc) is 3.25. The molecule has 4 N–H and O–H groups in total. The highest BCUT2D eigenvalue weighted by Gasteiger charge is 2.48. The van der Waals surface area contributed by atoms with Crippen LogP contribution in [0.25, 0.3) is 0 Å². The van der Waals surface area contributed by atoms with Gasteiger partial charge in [-0.25, -0.2) is 0 Å². The number of rotatable bonds is 4. The first-order valence-electron chi connectivity index (χ1n) is 8.05. The molecule has 22 heavy (non-hydrogen) atoms. The van der Waals surface area contributed by atoms with Crippen molar-refractivity contribution in [1.82, 2.24) is 5.32 Å². The quantitative estimate of drug-likeness (QED) is 0.572. The van der Waals surface area contributed by atoms with Gasteiger partial charge in [-0.15, -0.1) is 0 Å². The van der Waals surface area contributed by atoms with Crippen LogP contribution in [-0.4, -0.2) is 58.8 Å². The van der Waals surface area contributed by atoms with Crippen LogP contribution in [0.15, 0.2) is 11.6 Å². The van der Waals surface area contributed by atoms with Gasteiger partial charge in [0.2, 0.25) is 5.91 Å². The van der Waals surface area contributed by atoms with Gasteiger partial charge < -0.3 is 25.4 Å². The molecule has 5 atom stereocenters. The van der Waals surface area contributed by atoms with E-state index in [1.54, 1.807) is 0 Å². The summed E-state index contributed by atoms with van der Waals surface area (Å²) >= 11 is 0. The molecule has 1 amide bonds. The van der Waals surface area contributed by atoms with Crippen LogP contribution in [0, 0.1) is 11.3 Å². The van der Waals surface area contributed by atoms with E-state index in [0.29, 0.717) is 18.0 Å². The van der Waals surface area contributed by atoms with Gasteiger partial charge in [-0.05, 0) is 31.3 Å². The molecule has 6 nitrogen and oxygen atoms in total. The third-order valence-electron chi connectivity index (χ3n) is 5.20. The van der Waals surface area contributed by atoms with Crippen molar-refractivity contribution in [2.75, 3.05) is 13.2 Å². The Morgan fingerprint density at radius 3 is 2.77 bits per heavy atom. The lowest BCUT2D eigenvalue weighted by atomic mass is 9.80. The van der Waals surface area contributed by atoms with Gasteiger partial charge in [0.15, 0.2) is 0 Å². The summed E-state index contributed by atoms with van der Waals surface area (Å²) in [6, 6.07) is 0. The molecule has 3 aliphatic rings. The van der Waals surface area contributed by atoms with Crippen LogP contribution >= 0.6 is 0 Å². The van der Waals surface area contributed by atoms with Gasteiger partial charge in [0.25, 0.3) is 0 Å². The van der Waals surface area contributed by atoms with Crippen molar-refractivity contribution < 1.29 is 24.9 Å². The Kier molecular flexibility index (Phi) is 4.29. The maximum Gasteiger partial charge on any atom is 0.247 e. The summed E-state index contributed by atoms with van der Waals surface area (Å²) < 4.78 is 5.84. The Morgan fingerprint density at radius 2 is 2.14 bits per heavy atom. The van der Waals surface area contributed by atoms with Crippen molar-refractivity contribution in [3.63, 3.8) is 0 Å². The zero-order chi connectivity index (χ0) is 15.9. The number of hydrogen-bond acceptors (Lipinski definition) is 5. The Balaban J connectivity index is 1.59.